The van der Waals surface area contributed by atoms with Gasteiger partial charge in [0.15, 0.2) is 0 Å². The summed E-state index contributed by atoms with van der Waals surface area (Å²) in [5, 5.41) is 0.660. The molecule has 2 nitrogen and oxygen atoms in total. The van der Waals surface area contributed by atoms with Crippen LogP contribution in [-0.4, -0.2) is 11.2 Å². The zero-order valence-corrected chi connectivity index (χ0v) is 8.54. The van der Waals surface area contributed by atoms with Crippen molar-refractivity contribution >= 4 is 21.8 Å². The zero-order valence-electron chi connectivity index (χ0n) is 6.96. The second kappa shape index (κ2) is 12.6. The number of carbonyl (C=O) groups excluding carboxylic acids is 1. The van der Waals surface area contributed by atoms with Crippen molar-refractivity contribution < 1.29 is 4.79 Å². The molecule has 0 unspecified atom stereocenters. The highest BCUT2D eigenvalue weighted by atomic mass is 79.9. The van der Waals surface area contributed by atoms with Crippen LogP contribution in [0.2, 0.25) is 0 Å². The number of halogens is 1. The molecule has 0 aromatic rings. The molecule has 0 aliphatic carbocycles. The van der Waals surface area contributed by atoms with Crippen LogP contribution in [0.25, 0.3) is 0 Å². The number of nitrogens with two attached hydrogens (primary N) is 1. The third kappa shape index (κ3) is 23.0. The summed E-state index contributed by atoms with van der Waals surface area (Å²) in [5.74, 6) is 1.93. The molecule has 66 valence electrons. The molecule has 0 aliphatic rings. The number of rotatable bonds is 2. The van der Waals surface area contributed by atoms with Crippen molar-refractivity contribution in [1.82, 2.24) is 0 Å². The minimum Gasteiger partial charge on any atom is -0.366 e. The molecule has 0 spiro atoms. The highest BCUT2D eigenvalue weighted by molar-refractivity contribution is 9.09. The van der Waals surface area contributed by atoms with Crippen molar-refractivity contribution in [2.45, 2.75) is 6.92 Å². The third-order valence-corrected chi connectivity index (χ3v) is 0.965. The Balaban J connectivity index is 0. The average molecular weight is 230 g/mol. The van der Waals surface area contributed by atoms with Crippen molar-refractivity contribution in [3.8, 4) is 12.3 Å². The number of allylic oxidation sites excluding steroid dienone is 3. The Hall–Kier alpha value is -1.01. The van der Waals surface area contributed by atoms with Crippen LogP contribution in [0.5, 0.6) is 0 Å². The molecular weight excluding hydrogens is 218 g/mol. The van der Waals surface area contributed by atoms with Gasteiger partial charge in [0, 0.05) is 6.08 Å². The second-order valence-corrected chi connectivity index (χ2v) is 2.19. The molecule has 0 saturated carbocycles. The first-order chi connectivity index (χ1) is 5.68. The van der Waals surface area contributed by atoms with E-state index in [0.29, 0.717) is 5.33 Å². The Morgan fingerprint density at radius 2 is 2.17 bits per heavy atom. The molecule has 0 bridgehead atoms. The summed E-state index contributed by atoms with van der Waals surface area (Å²) in [6.07, 6.45) is 11.2. The molecule has 3 heteroatoms. The van der Waals surface area contributed by atoms with Crippen LogP contribution in [0.1, 0.15) is 6.92 Å². The van der Waals surface area contributed by atoms with E-state index < -0.39 is 5.91 Å². The van der Waals surface area contributed by atoms with E-state index in [0.717, 1.165) is 0 Å². The normalized spacial score (nSPS) is 9.08. The van der Waals surface area contributed by atoms with Gasteiger partial charge in [-0.15, -0.1) is 6.42 Å². The molecule has 2 N–H and O–H groups in total. The van der Waals surface area contributed by atoms with E-state index in [1.807, 2.05) is 13.0 Å². The lowest BCUT2D eigenvalue weighted by atomic mass is 10.4. The number of terminal acetylenes is 1. The molecule has 0 rings (SSSR count). The van der Waals surface area contributed by atoms with Crippen LogP contribution in [0.3, 0.4) is 0 Å². The van der Waals surface area contributed by atoms with E-state index in [4.69, 9.17) is 12.2 Å². The molecule has 0 saturated heterocycles. The monoisotopic (exact) mass is 229 g/mol. The molecule has 0 fully saturated rings. The fourth-order valence-corrected chi connectivity index (χ4v) is 0.262. The minimum atomic E-state index is -0.414. The molecular formula is C9H12BrNO. The van der Waals surface area contributed by atoms with Gasteiger partial charge >= 0.3 is 0 Å². The lowest BCUT2D eigenvalue weighted by molar-refractivity contribution is -0.113. The van der Waals surface area contributed by atoms with E-state index in [1.54, 1.807) is 12.2 Å². The van der Waals surface area contributed by atoms with Crippen molar-refractivity contribution in [3.63, 3.8) is 0 Å². The number of hydrogen-bond acceptors (Lipinski definition) is 1. The lowest BCUT2D eigenvalue weighted by Gasteiger charge is -1.73. The van der Waals surface area contributed by atoms with Crippen LogP contribution in [0, 0.1) is 12.3 Å². The topological polar surface area (TPSA) is 43.1 Å². The first-order valence-corrected chi connectivity index (χ1v) is 4.39. The molecule has 12 heavy (non-hydrogen) atoms. The van der Waals surface area contributed by atoms with Gasteiger partial charge < -0.3 is 5.73 Å². The predicted molar refractivity (Wildman–Crippen MR) is 55.8 cm³/mol. The van der Waals surface area contributed by atoms with Gasteiger partial charge in [0.1, 0.15) is 0 Å². The Kier molecular flexibility index (Phi) is 14.3. The van der Waals surface area contributed by atoms with Gasteiger partial charge in [-0.1, -0.05) is 40.1 Å². The van der Waals surface area contributed by atoms with Gasteiger partial charge in [0.2, 0.25) is 5.91 Å². The molecule has 1 amide bonds. The van der Waals surface area contributed by atoms with E-state index in [-0.39, 0.29) is 0 Å². The molecule has 0 radical (unpaired) electrons. The van der Waals surface area contributed by atoms with E-state index >= 15 is 0 Å². The summed E-state index contributed by atoms with van der Waals surface area (Å²) in [5.41, 5.74) is 4.77. The van der Waals surface area contributed by atoms with E-state index in [1.165, 1.54) is 6.08 Å². The van der Waals surface area contributed by atoms with E-state index in [2.05, 4.69) is 21.9 Å². The van der Waals surface area contributed by atoms with Crippen LogP contribution >= 0.6 is 15.9 Å². The molecule has 0 aromatic heterocycles. The first-order valence-electron chi connectivity index (χ1n) is 3.27. The van der Waals surface area contributed by atoms with Gasteiger partial charge in [0.25, 0.3) is 0 Å². The lowest BCUT2D eigenvalue weighted by Crippen LogP contribution is -2.04. The summed E-state index contributed by atoms with van der Waals surface area (Å²) in [7, 11) is 0. The van der Waals surface area contributed by atoms with Gasteiger partial charge in [-0.05, 0) is 6.92 Å². The largest absolute Gasteiger partial charge is 0.366 e. The fourth-order valence-electron chi connectivity index (χ4n) is 0.262. The van der Waals surface area contributed by atoms with Crippen LogP contribution in [0.4, 0.5) is 0 Å². The van der Waals surface area contributed by atoms with Gasteiger partial charge in [0.05, 0.1) is 5.33 Å². The van der Waals surface area contributed by atoms with Crippen LogP contribution in [-0.2, 0) is 4.79 Å². The van der Waals surface area contributed by atoms with Gasteiger partial charge in [-0.2, -0.15) is 0 Å². The first kappa shape index (κ1) is 13.6. The Morgan fingerprint density at radius 1 is 1.67 bits per heavy atom. The zero-order chi connectivity index (χ0) is 9.82. The summed E-state index contributed by atoms with van der Waals surface area (Å²) in [4.78, 5) is 9.98. The number of carbonyl (C=O) groups is 1. The number of amides is 1. The SMILES string of the molecule is C#CCBr.CC=CC=CC(N)=O. The van der Waals surface area contributed by atoms with Crippen molar-refractivity contribution in [3.05, 3.63) is 24.3 Å². The highest BCUT2D eigenvalue weighted by Gasteiger charge is 1.75. The minimum absolute atomic E-state index is 0.414. The van der Waals surface area contributed by atoms with Crippen molar-refractivity contribution in [2.75, 3.05) is 5.33 Å². The van der Waals surface area contributed by atoms with Crippen molar-refractivity contribution in [1.29, 1.82) is 0 Å². The fraction of sp³-hybridized carbons (Fsp3) is 0.222. The summed E-state index contributed by atoms with van der Waals surface area (Å²) < 4.78 is 0. The summed E-state index contributed by atoms with van der Waals surface area (Å²) in [6, 6.07) is 0. The maximum Gasteiger partial charge on any atom is 0.241 e. The maximum absolute atomic E-state index is 9.98. The quantitative estimate of drug-likeness (QED) is 0.333. The third-order valence-electron chi connectivity index (χ3n) is 0.641. The van der Waals surface area contributed by atoms with Gasteiger partial charge in [-0.25, -0.2) is 0 Å². The van der Waals surface area contributed by atoms with Crippen LogP contribution < -0.4 is 5.73 Å². The highest BCUT2D eigenvalue weighted by Crippen LogP contribution is 1.73. The summed E-state index contributed by atoms with van der Waals surface area (Å²) >= 11 is 3.01. The molecule has 0 aromatic carbocycles. The number of primary amides is 1. The van der Waals surface area contributed by atoms with E-state index in [9.17, 15) is 4.79 Å². The molecule has 0 heterocycles. The van der Waals surface area contributed by atoms with Gasteiger partial charge in [-0.3, -0.25) is 4.79 Å². The Bertz CT molecular complexity index is 201. The summed E-state index contributed by atoms with van der Waals surface area (Å²) in [6.45, 7) is 1.87. The van der Waals surface area contributed by atoms with Crippen LogP contribution in [0.15, 0.2) is 24.3 Å². The number of alkyl halides is 1. The molecule has 0 aliphatic heterocycles. The Labute approximate surface area is 81.7 Å². The smallest absolute Gasteiger partial charge is 0.241 e. The number of hydrogen-bond donors (Lipinski definition) is 1. The second-order valence-electron chi connectivity index (χ2n) is 1.63. The maximum atomic E-state index is 9.98. The Morgan fingerprint density at radius 3 is 2.42 bits per heavy atom. The molecule has 0 atom stereocenters. The predicted octanol–water partition coefficient (Wildman–Crippen LogP) is 1.62. The van der Waals surface area contributed by atoms with Crippen molar-refractivity contribution in [2.24, 2.45) is 5.73 Å². The average Bonchev–Trinajstić information content (AvgIpc) is 2.05. The standard InChI is InChI=1S/C6H9NO.C3H3Br/c1-2-3-4-5-6(7)8;1-2-3-4/h2-5H,1H3,(H2,7,8);1H,3H2.